The van der Waals surface area contributed by atoms with Crippen LogP contribution in [0.2, 0.25) is 0 Å². The molecule has 1 aromatic heterocycles. The van der Waals surface area contributed by atoms with Gasteiger partial charge < -0.3 is 9.32 Å². The smallest absolute Gasteiger partial charge is 0.137 e. The molecule has 0 aliphatic carbocycles. The minimum atomic E-state index is 0.882. The zero-order valence-electron chi connectivity index (χ0n) is 23.9. The van der Waals surface area contributed by atoms with Crippen LogP contribution in [0.3, 0.4) is 0 Å². The van der Waals surface area contributed by atoms with Crippen molar-refractivity contribution in [1.29, 1.82) is 0 Å². The molecular weight excluding hydrogens is 534 g/mol. The first-order valence-corrected chi connectivity index (χ1v) is 15.0. The normalized spacial score (nSPS) is 11.6. The Bertz CT molecular complexity index is 2490. The van der Waals surface area contributed by atoms with Crippen molar-refractivity contribution in [2.24, 2.45) is 0 Å². The molecule has 2 nitrogen and oxygen atoms in total. The Hall–Kier alpha value is -5.86. The Morgan fingerprint density at radius 2 is 0.864 bits per heavy atom. The molecule has 9 aromatic rings. The van der Waals surface area contributed by atoms with E-state index in [0.717, 1.165) is 39.0 Å². The second kappa shape index (κ2) is 9.86. The molecule has 0 saturated carbocycles. The molecule has 0 saturated heterocycles. The maximum atomic E-state index is 6.33. The van der Waals surface area contributed by atoms with Crippen LogP contribution < -0.4 is 4.90 Å². The fraction of sp³-hybridized carbons (Fsp3) is 0. The summed E-state index contributed by atoms with van der Waals surface area (Å²) in [6, 6.07) is 58.6. The molecule has 0 amide bonds. The van der Waals surface area contributed by atoms with Crippen LogP contribution in [0.15, 0.2) is 168 Å². The van der Waals surface area contributed by atoms with Crippen LogP contribution in [0.25, 0.3) is 65.4 Å². The van der Waals surface area contributed by atoms with Crippen molar-refractivity contribution >= 4 is 71.3 Å². The van der Waals surface area contributed by atoms with Gasteiger partial charge in [0.1, 0.15) is 11.2 Å². The van der Waals surface area contributed by atoms with Gasteiger partial charge in [-0.3, -0.25) is 0 Å². The summed E-state index contributed by atoms with van der Waals surface area (Å²) in [6.45, 7) is 0. The zero-order valence-corrected chi connectivity index (χ0v) is 23.9. The predicted octanol–water partition coefficient (Wildman–Crippen LogP) is 12.2. The molecule has 44 heavy (non-hydrogen) atoms. The second-order valence-corrected chi connectivity index (χ2v) is 11.4. The van der Waals surface area contributed by atoms with Crippen molar-refractivity contribution in [2.75, 3.05) is 4.90 Å². The van der Waals surface area contributed by atoms with E-state index in [-0.39, 0.29) is 0 Å². The first-order valence-electron chi connectivity index (χ1n) is 15.0. The summed E-state index contributed by atoms with van der Waals surface area (Å²) < 4.78 is 6.33. The average molecular weight is 562 g/mol. The van der Waals surface area contributed by atoms with Crippen molar-refractivity contribution < 1.29 is 4.42 Å². The average Bonchev–Trinajstić information content (AvgIpc) is 3.47. The standard InChI is InChI=1S/C42H27NO/c1-2-8-28(9-3-1)29-14-19-32(20-15-29)43(34-22-25-39-38-12-6-7-13-41(38)44-42(39)27-34)33-21-16-31-18-23-36-35-11-5-4-10-30(35)17-24-37(36)40(31)26-33/h1-27H. The van der Waals surface area contributed by atoms with E-state index in [2.05, 4.69) is 157 Å². The van der Waals surface area contributed by atoms with Gasteiger partial charge in [-0.1, -0.05) is 115 Å². The first kappa shape index (κ1) is 24.7. The van der Waals surface area contributed by atoms with Gasteiger partial charge in [0.15, 0.2) is 0 Å². The number of benzene rings is 8. The quantitative estimate of drug-likeness (QED) is 0.199. The van der Waals surface area contributed by atoms with E-state index in [0.29, 0.717) is 0 Å². The summed E-state index contributed by atoms with van der Waals surface area (Å²) in [4.78, 5) is 2.33. The molecule has 0 radical (unpaired) electrons. The van der Waals surface area contributed by atoms with Crippen molar-refractivity contribution in [3.05, 3.63) is 164 Å². The van der Waals surface area contributed by atoms with E-state index in [4.69, 9.17) is 4.42 Å². The Balaban J connectivity index is 1.25. The fourth-order valence-corrected chi connectivity index (χ4v) is 6.68. The van der Waals surface area contributed by atoms with Crippen LogP contribution in [0.5, 0.6) is 0 Å². The predicted molar refractivity (Wildman–Crippen MR) is 186 cm³/mol. The Kier molecular flexibility index (Phi) is 5.54. The van der Waals surface area contributed by atoms with Crippen LogP contribution in [0, 0.1) is 0 Å². The highest BCUT2D eigenvalue weighted by atomic mass is 16.3. The third kappa shape index (κ3) is 3.96. The number of hydrogen-bond acceptors (Lipinski definition) is 2. The lowest BCUT2D eigenvalue weighted by Gasteiger charge is -2.26. The topological polar surface area (TPSA) is 16.4 Å². The Morgan fingerprint density at radius 1 is 0.318 bits per heavy atom. The fourth-order valence-electron chi connectivity index (χ4n) is 6.68. The summed E-state index contributed by atoms with van der Waals surface area (Å²) in [5, 5.41) is 9.79. The number of anilines is 3. The Labute approximate surface area is 255 Å². The largest absolute Gasteiger partial charge is 0.456 e. The monoisotopic (exact) mass is 561 g/mol. The molecule has 0 unspecified atom stereocenters. The van der Waals surface area contributed by atoms with Gasteiger partial charge in [0.25, 0.3) is 0 Å². The number of rotatable bonds is 4. The first-order chi connectivity index (χ1) is 21.8. The minimum Gasteiger partial charge on any atom is -0.456 e. The summed E-state index contributed by atoms with van der Waals surface area (Å²) >= 11 is 0. The van der Waals surface area contributed by atoms with Crippen molar-refractivity contribution in [3.8, 4) is 11.1 Å². The van der Waals surface area contributed by atoms with E-state index < -0.39 is 0 Å². The van der Waals surface area contributed by atoms with Crippen molar-refractivity contribution in [1.82, 2.24) is 0 Å². The molecule has 206 valence electrons. The number of nitrogens with zero attached hydrogens (tertiary/aromatic N) is 1. The zero-order chi connectivity index (χ0) is 29.0. The van der Waals surface area contributed by atoms with E-state index >= 15 is 0 Å². The molecule has 2 heteroatoms. The molecule has 0 fully saturated rings. The lowest BCUT2D eigenvalue weighted by Crippen LogP contribution is -2.09. The van der Waals surface area contributed by atoms with Gasteiger partial charge in [0, 0.05) is 33.9 Å². The highest BCUT2D eigenvalue weighted by molar-refractivity contribution is 6.18. The number of fused-ring (bicyclic) bond motifs is 8. The van der Waals surface area contributed by atoms with Crippen LogP contribution >= 0.6 is 0 Å². The molecule has 0 spiro atoms. The van der Waals surface area contributed by atoms with Gasteiger partial charge in [0.2, 0.25) is 0 Å². The molecule has 9 rings (SSSR count). The molecule has 0 aliphatic rings. The van der Waals surface area contributed by atoms with Crippen LogP contribution in [-0.4, -0.2) is 0 Å². The maximum Gasteiger partial charge on any atom is 0.137 e. The number of para-hydroxylation sites is 1. The maximum absolute atomic E-state index is 6.33. The van der Waals surface area contributed by atoms with Crippen LogP contribution in [0.1, 0.15) is 0 Å². The SMILES string of the molecule is c1ccc(-c2ccc(N(c3ccc4c(c3)oc3ccccc34)c3ccc4ccc5c6ccccc6ccc5c4c3)cc2)cc1. The third-order valence-electron chi connectivity index (χ3n) is 8.84. The van der Waals surface area contributed by atoms with Crippen molar-refractivity contribution in [3.63, 3.8) is 0 Å². The highest BCUT2D eigenvalue weighted by Crippen LogP contribution is 2.41. The van der Waals surface area contributed by atoms with Crippen LogP contribution in [-0.2, 0) is 0 Å². The highest BCUT2D eigenvalue weighted by Gasteiger charge is 2.17. The van der Waals surface area contributed by atoms with Gasteiger partial charge in [-0.05, 0) is 85.9 Å². The summed E-state index contributed by atoms with van der Waals surface area (Å²) in [7, 11) is 0. The van der Waals surface area contributed by atoms with Gasteiger partial charge in [-0.25, -0.2) is 0 Å². The van der Waals surface area contributed by atoms with Crippen LogP contribution in [0.4, 0.5) is 17.1 Å². The molecule has 0 N–H and O–H groups in total. The van der Waals surface area contributed by atoms with Crippen molar-refractivity contribution in [2.45, 2.75) is 0 Å². The van der Waals surface area contributed by atoms with Gasteiger partial charge in [-0.15, -0.1) is 0 Å². The lowest BCUT2D eigenvalue weighted by molar-refractivity contribution is 0.669. The van der Waals surface area contributed by atoms with E-state index in [1.165, 1.54) is 43.4 Å². The Morgan fingerprint density at radius 3 is 1.70 bits per heavy atom. The molecular formula is C42H27NO. The minimum absolute atomic E-state index is 0.882. The molecule has 8 aromatic carbocycles. The summed E-state index contributed by atoms with van der Waals surface area (Å²) in [6.07, 6.45) is 0. The summed E-state index contributed by atoms with van der Waals surface area (Å²) in [5.74, 6) is 0. The third-order valence-corrected chi connectivity index (χ3v) is 8.84. The van der Waals surface area contributed by atoms with E-state index in [9.17, 15) is 0 Å². The molecule has 0 aliphatic heterocycles. The number of furan rings is 1. The van der Waals surface area contributed by atoms with Gasteiger partial charge in [0.05, 0.1) is 0 Å². The molecule has 0 bridgehead atoms. The molecule has 1 heterocycles. The van der Waals surface area contributed by atoms with E-state index in [1.807, 2.05) is 12.1 Å². The second-order valence-electron chi connectivity index (χ2n) is 11.4. The lowest BCUT2D eigenvalue weighted by atomic mass is 9.96. The summed E-state index contributed by atoms with van der Waals surface area (Å²) in [5.41, 5.74) is 7.42. The van der Waals surface area contributed by atoms with Gasteiger partial charge in [-0.2, -0.15) is 0 Å². The van der Waals surface area contributed by atoms with E-state index in [1.54, 1.807) is 0 Å². The number of hydrogen-bond donors (Lipinski definition) is 0. The van der Waals surface area contributed by atoms with Gasteiger partial charge >= 0.3 is 0 Å². The molecule has 0 atom stereocenters.